The van der Waals surface area contributed by atoms with E-state index in [9.17, 15) is 9.59 Å². The first-order valence-corrected chi connectivity index (χ1v) is 9.19. The minimum absolute atomic E-state index is 0.206. The van der Waals surface area contributed by atoms with Gasteiger partial charge in [-0.3, -0.25) is 9.67 Å². The molecule has 2 aromatic rings. The number of carbonyl (C=O) groups excluding carboxylic acids is 2. The second-order valence-electron chi connectivity index (χ2n) is 7.93. The van der Waals surface area contributed by atoms with Crippen LogP contribution in [-0.2, 0) is 15.0 Å². The number of hydrogen-bond acceptors (Lipinski definition) is 6. The van der Waals surface area contributed by atoms with Gasteiger partial charge in [-0.15, -0.1) is 0 Å². The average Bonchev–Trinajstić information content (AvgIpc) is 3.06. The van der Waals surface area contributed by atoms with Gasteiger partial charge in [0, 0.05) is 18.8 Å². The number of esters is 1. The van der Waals surface area contributed by atoms with Crippen LogP contribution >= 0.6 is 0 Å². The molecule has 2 heterocycles. The third kappa shape index (κ3) is 5.55. The van der Waals surface area contributed by atoms with Gasteiger partial charge in [-0.05, 0) is 53.7 Å². The molecule has 0 aliphatic heterocycles. The second kappa shape index (κ2) is 8.41. The van der Waals surface area contributed by atoms with Crippen LogP contribution in [0.1, 0.15) is 52.0 Å². The van der Waals surface area contributed by atoms with Gasteiger partial charge in [0.1, 0.15) is 17.0 Å². The summed E-state index contributed by atoms with van der Waals surface area (Å²) in [4.78, 5) is 28.8. The molecule has 0 atom stereocenters. The summed E-state index contributed by atoms with van der Waals surface area (Å²) in [5.74, 6) is -0.484. The number of carbonyl (C=O) groups is 2. The zero-order valence-corrected chi connectivity index (χ0v) is 17.3. The molecule has 0 spiro atoms. The summed E-state index contributed by atoms with van der Waals surface area (Å²) in [6, 6.07) is 7.12. The molecule has 0 bridgehead atoms. The van der Waals surface area contributed by atoms with E-state index in [-0.39, 0.29) is 13.2 Å². The van der Waals surface area contributed by atoms with Crippen molar-refractivity contribution in [2.75, 3.05) is 13.2 Å². The van der Waals surface area contributed by atoms with Crippen molar-refractivity contribution in [1.82, 2.24) is 20.1 Å². The van der Waals surface area contributed by atoms with Crippen LogP contribution < -0.4 is 5.32 Å². The summed E-state index contributed by atoms with van der Waals surface area (Å²) in [5, 5.41) is 7.30. The highest BCUT2D eigenvalue weighted by molar-refractivity contribution is 5.89. The average molecular weight is 388 g/mol. The number of pyridine rings is 1. The molecule has 28 heavy (non-hydrogen) atoms. The topological polar surface area (TPSA) is 95.3 Å². The van der Waals surface area contributed by atoms with E-state index in [2.05, 4.69) is 15.4 Å². The van der Waals surface area contributed by atoms with Crippen molar-refractivity contribution in [2.24, 2.45) is 0 Å². The lowest BCUT2D eigenvalue weighted by Gasteiger charge is -2.28. The zero-order valence-electron chi connectivity index (χ0n) is 17.3. The highest BCUT2D eigenvalue weighted by Crippen LogP contribution is 2.23. The Balaban J connectivity index is 2.31. The fourth-order valence-corrected chi connectivity index (χ4v) is 2.51. The fraction of sp³-hybridized carbons (Fsp3) is 0.500. The molecule has 0 radical (unpaired) electrons. The molecule has 0 aliphatic rings. The van der Waals surface area contributed by atoms with E-state index in [4.69, 9.17) is 9.47 Å². The third-order valence-corrected chi connectivity index (χ3v) is 3.76. The van der Waals surface area contributed by atoms with Crippen LogP contribution in [0.5, 0.6) is 0 Å². The first kappa shape index (κ1) is 21.4. The molecule has 0 aliphatic carbocycles. The lowest BCUT2D eigenvalue weighted by atomic mass is 10.1. The van der Waals surface area contributed by atoms with Crippen LogP contribution in [0.2, 0.25) is 0 Å². The van der Waals surface area contributed by atoms with Crippen molar-refractivity contribution in [3.05, 3.63) is 36.2 Å². The molecular formula is C20H28N4O4. The molecule has 8 heteroatoms. The number of alkyl carbamates (subject to hydrolysis) is 1. The molecule has 1 amide bonds. The summed E-state index contributed by atoms with van der Waals surface area (Å²) in [7, 11) is 0. The van der Waals surface area contributed by atoms with Gasteiger partial charge >= 0.3 is 12.1 Å². The van der Waals surface area contributed by atoms with Crippen molar-refractivity contribution in [2.45, 2.75) is 52.7 Å². The first-order chi connectivity index (χ1) is 13.0. The lowest BCUT2D eigenvalue weighted by molar-refractivity contribution is 0.0490. The van der Waals surface area contributed by atoms with E-state index in [0.29, 0.717) is 17.1 Å². The molecule has 2 aromatic heterocycles. The van der Waals surface area contributed by atoms with Crippen LogP contribution in [-0.4, -0.2) is 45.6 Å². The molecule has 0 fully saturated rings. The Bertz CT molecular complexity index is 822. The highest BCUT2D eigenvalue weighted by Gasteiger charge is 2.30. The number of ether oxygens (including phenoxy) is 2. The maximum atomic E-state index is 12.5. The molecule has 0 saturated carbocycles. The number of nitrogens with one attached hydrogen (secondary N) is 1. The van der Waals surface area contributed by atoms with E-state index in [0.717, 1.165) is 0 Å². The molecule has 152 valence electrons. The third-order valence-electron chi connectivity index (χ3n) is 3.76. The summed E-state index contributed by atoms with van der Waals surface area (Å²) in [5.41, 5.74) is 0.170. The van der Waals surface area contributed by atoms with Crippen LogP contribution in [0.3, 0.4) is 0 Å². The molecule has 2 rings (SSSR count). The normalized spacial score (nSPS) is 11.8. The quantitative estimate of drug-likeness (QED) is 0.762. The Kier molecular flexibility index (Phi) is 6.43. The Labute approximate surface area is 165 Å². The molecular weight excluding hydrogens is 360 g/mol. The fourth-order valence-electron chi connectivity index (χ4n) is 2.51. The van der Waals surface area contributed by atoms with Gasteiger partial charge in [-0.2, -0.15) is 5.10 Å². The summed E-state index contributed by atoms with van der Waals surface area (Å²) in [6.45, 7) is 11.3. The van der Waals surface area contributed by atoms with E-state index in [1.165, 1.54) is 0 Å². The van der Waals surface area contributed by atoms with Gasteiger partial charge < -0.3 is 14.8 Å². The van der Waals surface area contributed by atoms with Crippen molar-refractivity contribution in [3.8, 4) is 11.4 Å². The predicted molar refractivity (Wildman–Crippen MR) is 105 cm³/mol. The zero-order chi connectivity index (χ0) is 20.9. The SMILES string of the molecule is CCOC(=O)c1cc(-c2ccccn2)nn1C(C)(C)CNC(=O)OC(C)(C)C. The van der Waals surface area contributed by atoms with Crippen molar-refractivity contribution >= 4 is 12.1 Å². The van der Waals surface area contributed by atoms with Crippen molar-refractivity contribution in [3.63, 3.8) is 0 Å². The Hall–Kier alpha value is -2.90. The molecule has 0 saturated heterocycles. The van der Waals surface area contributed by atoms with Crippen LogP contribution in [0, 0.1) is 0 Å². The van der Waals surface area contributed by atoms with Crippen LogP contribution in [0.4, 0.5) is 4.79 Å². The minimum Gasteiger partial charge on any atom is -0.461 e. The van der Waals surface area contributed by atoms with E-state index in [1.54, 1.807) is 50.7 Å². The van der Waals surface area contributed by atoms with Gasteiger partial charge in [-0.25, -0.2) is 9.59 Å². The Morgan fingerprint density at radius 1 is 1.14 bits per heavy atom. The van der Waals surface area contributed by atoms with Gasteiger partial charge in [0.05, 0.1) is 17.8 Å². The summed E-state index contributed by atoms with van der Waals surface area (Å²) < 4.78 is 12.0. The summed E-state index contributed by atoms with van der Waals surface area (Å²) in [6.07, 6.45) is 1.13. The van der Waals surface area contributed by atoms with E-state index >= 15 is 0 Å². The number of amides is 1. The maximum Gasteiger partial charge on any atom is 0.407 e. The highest BCUT2D eigenvalue weighted by atomic mass is 16.6. The smallest absolute Gasteiger partial charge is 0.407 e. The van der Waals surface area contributed by atoms with Gasteiger partial charge in [-0.1, -0.05) is 6.07 Å². The number of hydrogen-bond donors (Lipinski definition) is 1. The van der Waals surface area contributed by atoms with Gasteiger partial charge in [0.15, 0.2) is 0 Å². The van der Waals surface area contributed by atoms with E-state index in [1.807, 2.05) is 26.0 Å². The predicted octanol–water partition coefficient (Wildman–Crippen LogP) is 3.38. The number of rotatable bonds is 6. The lowest BCUT2D eigenvalue weighted by Crippen LogP contribution is -2.44. The first-order valence-electron chi connectivity index (χ1n) is 9.19. The maximum absolute atomic E-state index is 12.5. The standard InChI is InChI=1S/C20H28N4O4/c1-7-27-17(25)16-12-15(14-10-8-9-11-21-14)23-24(16)20(5,6)13-22-18(26)28-19(2,3)4/h8-12H,7,13H2,1-6H3,(H,22,26). The molecule has 8 nitrogen and oxygen atoms in total. The second-order valence-corrected chi connectivity index (χ2v) is 7.93. The molecule has 0 unspecified atom stereocenters. The minimum atomic E-state index is -0.716. The summed E-state index contributed by atoms with van der Waals surface area (Å²) >= 11 is 0. The van der Waals surface area contributed by atoms with Gasteiger partial charge in [0.2, 0.25) is 0 Å². The molecule has 1 N–H and O–H groups in total. The van der Waals surface area contributed by atoms with Gasteiger partial charge in [0.25, 0.3) is 0 Å². The monoisotopic (exact) mass is 388 g/mol. The Morgan fingerprint density at radius 3 is 2.43 bits per heavy atom. The molecule has 0 aromatic carbocycles. The van der Waals surface area contributed by atoms with Crippen molar-refractivity contribution in [1.29, 1.82) is 0 Å². The number of nitrogens with zero attached hydrogens (tertiary/aromatic N) is 3. The van der Waals surface area contributed by atoms with E-state index < -0.39 is 23.2 Å². The van der Waals surface area contributed by atoms with Crippen LogP contribution in [0.25, 0.3) is 11.4 Å². The largest absolute Gasteiger partial charge is 0.461 e. The Morgan fingerprint density at radius 2 is 1.86 bits per heavy atom. The van der Waals surface area contributed by atoms with Crippen LogP contribution in [0.15, 0.2) is 30.5 Å². The van der Waals surface area contributed by atoms with Crippen molar-refractivity contribution < 1.29 is 19.1 Å². The number of aromatic nitrogens is 3.